The van der Waals surface area contributed by atoms with Crippen molar-refractivity contribution in [3.05, 3.63) is 48.0 Å². The zero-order chi connectivity index (χ0) is 24.6. The van der Waals surface area contributed by atoms with Crippen molar-refractivity contribution in [1.29, 1.82) is 0 Å². The number of benzene rings is 1. The second-order valence-electron chi connectivity index (χ2n) is 8.88. The van der Waals surface area contributed by atoms with E-state index in [4.69, 9.17) is 14.7 Å². The van der Waals surface area contributed by atoms with Crippen molar-refractivity contribution in [2.75, 3.05) is 29.2 Å². The molecular weight excluding hydrogens is 445 g/mol. The maximum absolute atomic E-state index is 14.8. The van der Waals surface area contributed by atoms with E-state index < -0.39 is 5.82 Å². The van der Waals surface area contributed by atoms with Crippen LogP contribution in [0.4, 0.5) is 27.9 Å². The van der Waals surface area contributed by atoms with Crippen LogP contribution in [0, 0.1) is 5.82 Å². The summed E-state index contributed by atoms with van der Waals surface area (Å²) in [6.07, 6.45) is 9.44. The monoisotopic (exact) mass is 481 g/mol. The van der Waals surface area contributed by atoms with E-state index in [1.54, 1.807) is 6.07 Å². The summed E-state index contributed by atoms with van der Waals surface area (Å²) in [5, 5.41) is 6.70. The largest absolute Gasteiger partial charge is 0.494 e. The minimum atomic E-state index is -0.402. The molecule has 9 heteroatoms. The van der Waals surface area contributed by atoms with Crippen LogP contribution in [0.3, 0.4) is 0 Å². The van der Waals surface area contributed by atoms with Gasteiger partial charge in [-0.3, -0.25) is 0 Å². The Morgan fingerprint density at radius 2 is 1.86 bits per heavy atom. The SMILES string of the molecule is CCNc1nc(NC(CC)c2ccc[nH]2)nc(N(c2ccc(OC)c(F)c2)C2CCCCCC2)n1. The number of aromatic amines is 1. The molecular formula is C26H36FN7O. The summed E-state index contributed by atoms with van der Waals surface area (Å²) in [7, 11) is 1.47. The molecule has 0 spiro atoms. The Kier molecular flexibility index (Phi) is 8.39. The first kappa shape index (κ1) is 24.8. The van der Waals surface area contributed by atoms with E-state index in [9.17, 15) is 4.39 Å². The Bertz CT molecular complexity index is 1070. The number of nitrogens with zero attached hydrogens (tertiary/aromatic N) is 4. The molecule has 1 aliphatic rings. The first-order valence-corrected chi connectivity index (χ1v) is 12.7. The number of hydrogen-bond acceptors (Lipinski definition) is 7. The highest BCUT2D eigenvalue weighted by molar-refractivity contribution is 5.61. The molecule has 2 heterocycles. The fourth-order valence-electron chi connectivity index (χ4n) is 4.70. The Hall–Kier alpha value is -3.36. The van der Waals surface area contributed by atoms with Crippen LogP contribution in [0.1, 0.15) is 70.5 Å². The van der Waals surface area contributed by atoms with Gasteiger partial charge in [-0.05, 0) is 50.5 Å². The fraction of sp³-hybridized carbons (Fsp3) is 0.500. The summed E-state index contributed by atoms with van der Waals surface area (Å²) < 4.78 is 20.0. The third-order valence-corrected chi connectivity index (χ3v) is 6.49. The highest BCUT2D eigenvalue weighted by atomic mass is 19.1. The summed E-state index contributed by atoms with van der Waals surface area (Å²) in [6.45, 7) is 4.80. The molecule has 0 bridgehead atoms. The number of rotatable bonds is 10. The molecule has 1 aromatic carbocycles. The number of H-pyrrole nitrogens is 1. The van der Waals surface area contributed by atoms with E-state index in [1.807, 2.05) is 31.3 Å². The second kappa shape index (κ2) is 11.9. The summed E-state index contributed by atoms with van der Waals surface area (Å²) in [5.41, 5.74) is 1.78. The first-order chi connectivity index (χ1) is 17.1. The number of methoxy groups -OCH3 is 1. The van der Waals surface area contributed by atoms with Crippen molar-refractivity contribution >= 4 is 23.5 Å². The predicted molar refractivity (Wildman–Crippen MR) is 138 cm³/mol. The van der Waals surface area contributed by atoms with Crippen LogP contribution < -0.4 is 20.3 Å². The van der Waals surface area contributed by atoms with Gasteiger partial charge in [-0.2, -0.15) is 15.0 Å². The highest BCUT2D eigenvalue weighted by Crippen LogP contribution is 2.35. The van der Waals surface area contributed by atoms with Gasteiger partial charge in [-0.1, -0.05) is 32.6 Å². The number of halogens is 1. The molecule has 2 aromatic heterocycles. The van der Waals surface area contributed by atoms with Gasteiger partial charge in [0.05, 0.1) is 13.2 Å². The Balaban J connectivity index is 1.76. The van der Waals surface area contributed by atoms with Crippen molar-refractivity contribution in [3.8, 4) is 5.75 Å². The van der Waals surface area contributed by atoms with Crippen molar-refractivity contribution in [2.24, 2.45) is 0 Å². The van der Waals surface area contributed by atoms with E-state index >= 15 is 0 Å². The van der Waals surface area contributed by atoms with E-state index in [1.165, 1.54) is 26.0 Å². The van der Waals surface area contributed by atoms with Gasteiger partial charge in [0.1, 0.15) is 0 Å². The highest BCUT2D eigenvalue weighted by Gasteiger charge is 2.27. The van der Waals surface area contributed by atoms with Gasteiger partial charge < -0.3 is 25.3 Å². The lowest BCUT2D eigenvalue weighted by Gasteiger charge is -2.32. The molecule has 1 unspecified atom stereocenters. The van der Waals surface area contributed by atoms with Crippen molar-refractivity contribution in [3.63, 3.8) is 0 Å². The molecule has 1 saturated carbocycles. The predicted octanol–water partition coefficient (Wildman–Crippen LogP) is 6.20. The molecule has 35 heavy (non-hydrogen) atoms. The molecule has 188 valence electrons. The summed E-state index contributed by atoms with van der Waals surface area (Å²) in [5.74, 6) is 1.31. The van der Waals surface area contributed by atoms with Crippen LogP contribution in [-0.4, -0.2) is 39.6 Å². The van der Waals surface area contributed by atoms with Crippen molar-refractivity contribution in [1.82, 2.24) is 19.9 Å². The molecule has 0 radical (unpaired) electrons. The normalized spacial score (nSPS) is 15.3. The smallest absolute Gasteiger partial charge is 0.236 e. The molecule has 1 aliphatic carbocycles. The van der Waals surface area contributed by atoms with E-state index in [-0.39, 0.29) is 17.8 Å². The fourth-order valence-corrected chi connectivity index (χ4v) is 4.70. The summed E-state index contributed by atoms with van der Waals surface area (Å²) >= 11 is 0. The molecule has 3 N–H and O–H groups in total. The summed E-state index contributed by atoms with van der Waals surface area (Å²) in [6, 6.07) is 9.28. The Labute approximate surface area is 206 Å². The zero-order valence-electron chi connectivity index (χ0n) is 20.9. The van der Waals surface area contributed by atoms with E-state index in [0.29, 0.717) is 30.1 Å². The Morgan fingerprint density at radius 3 is 2.49 bits per heavy atom. The van der Waals surface area contributed by atoms with Crippen molar-refractivity contribution in [2.45, 2.75) is 70.9 Å². The number of aromatic nitrogens is 4. The lowest BCUT2D eigenvalue weighted by atomic mass is 10.1. The third-order valence-electron chi connectivity index (χ3n) is 6.49. The molecule has 0 aliphatic heterocycles. The van der Waals surface area contributed by atoms with Crippen LogP contribution in [-0.2, 0) is 0 Å². The van der Waals surface area contributed by atoms with Crippen LogP contribution >= 0.6 is 0 Å². The molecule has 0 saturated heterocycles. The second-order valence-corrected chi connectivity index (χ2v) is 8.88. The number of hydrogen-bond donors (Lipinski definition) is 3. The van der Waals surface area contributed by atoms with Gasteiger partial charge >= 0.3 is 0 Å². The third kappa shape index (κ3) is 6.01. The van der Waals surface area contributed by atoms with Crippen LogP contribution in [0.15, 0.2) is 36.5 Å². The average Bonchev–Trinajstić information content (AvgIpc) is 3.27. The number of anilines is 4. The van der Waals surface area contributed by atoms with Gasteiger partial charge in [0.15, 0.2) is 11.6 Å². The Morgan fingerprint density at radius 1 is 1.09 bits per heavy atom. The van der Waals surface area contributed by atoms with Crippen molar-refractivity contribution < 1.29 is 9.13 Å². The molecule has 3 aromatic rings. The molecule has 1 atom stereocenters. The first-order valence-electron chi connectivity index (χ1n) is 12.7. The lowest BCUT2D eigenvalue weighted by molar-refractivity contribution is 0.386. The number of nitrogens with one attached hydrogen (secondary N) is 3. The molecule has 1 fully saturated rings. The van der Waals surface area contributed by atoms with Gasteiger partial charge in [0.2, 0.25) is 17.8 Å². The quantitative estimate of drug-likeness (QED) is 0.297. The summed E-state index contributed by atoms with van der Waals surface area (Å²) in [4.78, 5) is 19.6. The van der Waals surface area contributed by atoms with Gasteiger partial charge in [0.25, 0.3) is 0 Å². The molecule has 0 amide bonds. The minimum absolute atomic E-state index is 0.0273. The topological polar surface area (TPSA) is 91.0 Å². The van der Waals surface area contributed by atoms with Gasteiger partial charge in [0, 0.05) is 36.2 Å². The maximum Gasteiger partial charge on any atom is 0.236 e. The van der Waals surface area contributed by atoms with Crippen LogP contribution in [0.2, 0.25) is 0 Å². The molecule has 8 nitrogen and oxygen atoms in total. The standard InChI is InChI=1S/C26H36FN7O/c1-4-21(22-13-10-16-29-22)30-25-31-24(28-5-2)32-26(33-25)34(18-11-8-6-7-9-12-18)19-14-15-23(35-3)20(27)17-19/h10,13-18,21,29H,4-9,11-12H2,1-3H3,(H2,28,30,31,32,33). The lowest BCUT2D eigenvalue weighted by Crippen LogP contribution is -2.33. The maximum atomic E-state index is 14.8. The van der Waals surface area contributed by atoms with Crippen LogP contribution in [0.25, 0.3) is 0 Å². The average molecular weight is 482 g/mol. The molecule has 4 rings (SSSR count). The minimum Gasteiger partial charge on any atom is -0.494 e. The zero-order valence-corrected chi connectivity index (χ0v) is 20.9. The van der Waals surface area contributed by atoms with Crippen LogP contribution in [0.5, 0.6) is 5.75 Å². The van der Waals surface area contributed by atoms with E-state index in [2.05, 4.69) is 32.4 Å². The number of ether oxygens (including phenoxy) is 1. The van der Waals surface area contributed by atoms with Gasteiger partial charge in [-0.15, -0.1) is 0 Å². The van der Waals surface area contributed by atoms with E-state index in [0.717, 1.165) is 37.8 Å². The van der Waals surface area contributed by atoms with Gasteiger partial charge in [-0.25, -0.2) is 4.39 Å².